The monoisotopic (exact) mass is 536 g/mol. The van der Waals surface area contributed by atoms with Gasteiger partial charge in [0.15, 0.2) is 0 Å². The number of halogens is 1. The molecule has 0 atom stereocenters. The van der Waals surface area contributed by atoms with E-state index in [0.29, 0.717) is 58.1 Å². The number of carbonyl (C=O) groups is 1. The van der Waals surface area contributed by atoms with Gasteiger partial charge in [0.1, 0.15) is 17.3 Å². The number of nitrogens with zero attached hydrogens (tertiary/aromatic N) is 2. The summed E-state index contributed by atoms with van der Waals surface area (Å²) >= 11 is 0. The number of piperidine rings is 1. The van der Waals surface area contributed by atoms with Crippen LogP contribution in [0.3, 0.4) is 0 Å². The zero-order chi connectivity index (χ0) is 28.5. The fourth-order valence-corrected chi connectivity index (χ4v) is 4.80. The van der Waals surface area contributed by atoms with Crippen LogP contribution in [0.15, 0.2) is 47.4 Å². The van der Waals surface area contributed by atoms with Crippen LogP contribution >= 0.6 is 0 Å². The molecule has 208 valence electrons. The molecule has 0 unspecified atom stereocenters. The summed E-state index contributed by atoms with van der Waals surface area (Å²) in [6.45, 7) is 8.13. The van der Waals surface area contributed by atoms with Crippen LogP contribution in [-0.4, -0.2) is 46.2 Å². The van der Waals surface area contributed by atoms with Gasteiger partial charge >= 0.3 is 0 Å². The molecule has 39 heavy (non-hydrogen) atoms. The maximum atomic E-state index is 14.0. The summed E-state index contributed by atoms with van der Waals surface area (Å²) in [6.07, 6.45) is 3.20. The number of aromatic nitrogens is 1. The summed E-state index contributed by atoms with van der Waals surface area (Å²) in [5, 5.41) is 13.9. The molecule has 1 amide bonds. The number of rotatable bonds is 7. The van der Waals surface area contributed by atoms with Gasteiger partial charge in [-0.2, -0.15) is 0 Å². The Labute approximate surface area is 228 Å². The minimum atomic E-state index is -1.14. The lowest BCUT2D eigenvalue weighted by atomic mass is 9.93. The zero-order valence-corrected chi connectivity index (χ0v) is 23.2. The van der Waals surface area contributed by atoms with Crippen LogP contribution in [0.4, 0.5) is 10.1 Å². The summed E-state index contributed by atoms with van der Waals surface area (Å²) in [7, 11) is 1.65. The standard InChI is InChI=1S/C30H37FN4O4/c1-18-12-21(31)13-19(2)29(18)39-26-7-6-20(30(3,4)38)14-23(26)24-17-34(5)27(36)15-25(24)33-16-28(37)35-10-8-22(32)9-11-35/h6-7,12-15,17,22,33,38H,8-11,16,32H2,1-5H3. The molecule has 0 aliphatic carbocycles. The third-order valence-corrected chi connectivity index (χ3v) is 7.16. The SMILES string of the molecule is Cc1cc(F)cc(C)c1Oc1ccc(C(C)(C)O)cc1-c1cn(C)c(=O)cc1NCC(=O)N1CCC(N)CC1. The van der Waals surface area contributed by atoms with Crippen LogP contribution < -0.4 is 21.3 Å². The summed E-state index contributed by atoms with van der Waals surface area (Å²) < 4.78 is 21.8. The average Bonchev–Trinajstić information content (AvgIpc) is 2.86. The van der Waals surface area contributed by atoms with Gasteiger partial charge in [-0.3, -0.25) is 9.59 Å². The minimum Gasteiger partial charge on any atom is -0.456 e. The number of hydrogen-bond donors (Lipinski definition) is 3. The fraction of sp³-hybridized carbons (Fsp3) is 0.400. The number of pyridine rings is 1. The number of ether oxygens (including phenoxy) is 1. The molecule has 0 saturated carbocycles. The van der Waals surface area contributed by atoms with E-state index in [2.05, 4.69) is 5.32 Å². The van der Waals surface area contributed by atoms with Gasteiger partial charge in [0.2, 0.25) is 5.91 Å². The highest BCUT2D eigenvalue weighted by molar-refractivity contribution is 5.86. The van der Waals surface area contributed by atoms with E-state index in [9.17, 15) is 19.1 Å². The molecule has 1 aromatic heterocycles. The first-order valence-electron chi connectivity index (χ1n) is 13.1. The first-order valence-corrected chi connectivity index (χ1v) is 13.1. The highest BCUT2D eigenvalue weighted by Gasteiger charge is 2.23. The third kappa shape index (κ3) is 6.49. The predicted molar refractivity (Wildman–Crippen MR) is 151 cm³/mol. The highest BCUT2D eigenvalue weighted by Crippen LogP contribution is 2.41. The van der Waals surface area contributed by atoms with Crippen molar-refractivity contribution in [1.29, 1.82) is 0 Å². The third-order valence-electron chi connectivity index (χ3n) is 7.16. The Balaban J connectivity index is 1.77. The number of amides is 1. The van der Waals surface area contributed by atoms with Gasteiger partial charge in [0.05, 0.1) is 12.1 Å². The predicted octanol–water partition coefficient (Wildman–Crippen LogP) is 4.19. The molecule has 1 saturated heterocycles. The van der Waals surface area contributed by atoms with Gasteiger partial charge in [0, 0.05) is 55.3 Å². The molecule has 9 heteroatoms. The zero-order valence-electron chi connectivity index (χ0n) is 23.2. The van der Waals surface area contributed by atoms with Gasteiger partial charge in [-0.1, -0.05) is 6.07 Å². The topological polar surface area (TPSA) is 110 Å². The highest BCUT2D eigenvalue weighted by atomic mass is 19.1. The van der Waals surface area contributed by atoms with E-state index < -0.39 is 5.60 Å². The van der Waals surface area contributed by atoms with Crippen molar-refractivity contribution in [3.8, 4) is 22.6 Å². The summed E-state index contributed by atoms with van der Waals surface area (Å²) in [6, 6.07) is 9.71. The van der Waals surface area contributed by atoms with E-state index in [1.807, 2.05) is 6.07 Å². The second kappa shape index (κ2) is 11.2. The number of aliphatic hydroxyl groups is 1. The largest absolute Gasteiger partial charge is 0.456 e. The number of anilines is 1. The van der Waals surface area contributed by atoms with Crippen molar-refractivity contribution in [2.45, 2.75) is 52.2 Å². The molecule has 8 nitrogen and oxygen atoms in total. The van der Waals surface area contributed by atoms with Crippen LogP contribution in [0.5, 0.6) is 11.5 Å². The van der Waals surface area contributed by atoms with Crippen molar-refractivity contribution in [3.63, 3.8) is 0 Å². The Morgan fingerprint density at radius 2 is 1.77 bits per heavy atom. The van der Waals surface area contributed by atoms with Crippen molar-refractivity contribution in [3.05, 3.63) is 75.5 Å². The number of hydrogen-bond acceptors (Lipinski definition) is 6. The Hall–Kier alpha value is -3.69. The van der Waals surface area contributed by atoms with Gasteiger partial charge in [-0.05, 0) is 81.5 Å². The molecule has 0 radical (unpaired) electrons. The Bertz CT molecular complexity index is 1410. The first-order chi connectivity index (χ1) is 18.3. The molecular weight excluding hydrogens is 499 g/mol. The maximum Gasteiger partial charge on any atom is 0.252 e. The maximum absolute atomic E-state index is 14.0. The number of likely N-dealkylation sites (tertiary alicyclic amines) is 1. The van der Waals surface area contributed by atoms with E-state index in [1.165, 1.54) is 22.8 Å². The number of benzene rings is 2. The molecule has 4 rings (SSSR count). The first kappa shape index (κ1) is 28.3. The molecule has 1 aliphatic rings. The molecular formula is C30H37FN4O4. The average molecular weight is 537 g/mol. The van der Waals surface area contributed by atoms with E-state index in [0.717, 1.165) is 12.8 Å². The van der Waals surface area contributed by atoms with Crippen molar-refractivity contribution in [2.24, 2.45) is 12.8 Å². The Kier molecular flexibility index (Phi) is 8.13. The molecule has 0 bridgehead atoms. The smallest absolute Gasteiger partial charge is 0.252 e. The number of nitrogens with two attached hydrogens (primary N) is 1. The van der Waals surface area contributed by atoms with Crippen LogP contribution in [0.1, 0.15) is 43.4 Å². The van der Waals surface area contributed by atoms with E-state index in [-0.39, 0.29) is 29.9 Å². The van der Waals surface area contributed by atoms with E-state index in [1.54, 1.807) is 58.0 Å². The fourth-order valence-electron chi connectivity index (χ4n) is 4.80. The van der Waals surface area contributed by atoms with Crippen molar-refractivity contribution in [2.75, 3.05) is 25.0 Å². The molecule has 4 N–H and O–H groups in total. The second-order valence-electron chi connectivity index (χ2n) is 10.9. The van der Waals surface area contributed by atoms with Gasteiger partial charge in [-0.15, -0.1) is 0 Å². The summed E-state index contributed by atoms with van der Waals surface area (Å²) in [5.41, 5.74) is 8.17. The van der Waals surface area contributed by atoms with Crippen molar-refractivity contribution >= 4 is 11.6 Å². The van der Waals surface area contributed by atoms with Crippen LogP contribution in [0.2, 0.25) is 0 Å². The molecule has 0 spiro atoms. The van der Waals surface area contributed by atoms with Gasteiger partial charge in [0.25, 0.3) is 5.56 Å². The van der Waals surface area contributed by atoms with Crippen molar-refractivity contribution in [1.82, 2.24) is 9.47 Å². The lowest BCUT2D eigenvalue weighted by molar-refractivity contribution is -0.130. The van der Waals surface area contributed by atoms with Gasteiger partial charge in [-0.25, -0.2) is 4.39 Å². The number of aryl methyl sites for hydroxylation is 3. The quantitative estimate of drug-likeness (QED) is 0.418. The van der Waals surface area contributed by atoms with Crippen LogP contribution in [0.25, 0.3) is 11.1 Å². The van der Waals surface area contributed by atoms with E-state index >= 15 is 0 Å². The molecule has 3 aromatic rings. The number of nitrogens with one attached hydrogen (secondary N) is 1. The Morgan fingerprint density at radius 3 is 2.38 bits per heavy atom. The minimum absolute atomic E-state index is 0.00690. The van der Waals surface area contributed by atoms with Crippen LogP contribution in [0, 0.1) is 19.7 Å². The second-order valence-corrected chi connectivity index (χ2v) is 10.9. The lowest BCUT2D eigenvalue weighted by Gasteiger charge is -2.30. The molecule has 2 heterocycles. The molecule has 1 fully saturated rings. The van der Waals surface area contributed by atoms with Crippen LogP contribution in [-0.2, 0) is 17.4 Å². The number of carbonyl (C=O) groups excluding carboxylic acids is 1. The Morgan fingerprint density at radius 1 is 1.13 bits per heavy atom. The summed E-state index contributed by atoms with van der Waals surface area (Å²) in [4.78, 5) is 27.3. The van der Waals surface area contributed by atoms with Gasteiger partial charge < -0.3 is 30.4 Å². The molecule has 2 aromatic carbocycles. The molecule has 1 aliphatic heterocycles. The van der Waals surface area contributed by atoms with E-state index in [4.69, 9.17) is 10.5 Å². The normalized spacial score (nSPS) is 14.4. The summed E-state index contributed by atoms with van der Waals surface area (Å²) in [5.74, 6) is 0.554. The van der Waals surface area contributed by atoms with Crippen molar-refractivity contribution < 1.29 is 19.0 Å². The lowest BCUT2D eigenvalue weighted by Crippen LogP contribution is -2.44.